The van der Waals surface area contributed by atoms with Crippen LogP contribution in [0.4, 0.5) is 13.9 Å². The highest BCUT2D eigenvalue weighted by Crippen LogP contribution is 2.34. The van der Waals surface area contributed by atoms with Gasteiger partial charge in [-0.15, -0.1) is 11.3 Å². The lowest BCUT2D eigenvalue weighted by atomic mass is 9.98. The third-order valence-electron chi connectivity index (χ3n) is 4.53. The molecule has 1 N–H and O–H groups in total. The summed E-state index contributed by atoms with van der Waals surface area (Å²) in [5.74, 6) is -0.877. The van der Waals surface area contributed by atoms with Crippen LogP contribution in [0.25, 0.3) is 5.57 Å². The standard InChI is InChI=1S/C19H20F2N2O3S2/c1-11-10-22-19(27-11)23-18(24)15(7-12-8-16(20)17(21)9-12)13-3-5-14(6-4-13)28(2,25)26/h3-7,10,12,16-17H,8-9H2,1-2H3,(H,22,23,24)/b15-7+. The molecule has 0 spiro atoms. The van der Waals surface area contributed by atoms with E-state index in [-0.39, 0.29) is 23.3 Å². The van der Waals surface area contributed by atoms with E-state index in [9.17, 15) is 22.0 Å². The smallest absolute Gasteiger partial charge is 0.257 e. The fourth-order valence-electron chi connectivity index (χ4n) is 3.10. The number of thiazole rings is 1. The lowest BCUT2D eigenvalue weighted by Crippen LogP contribution is -2.14. The molecule has 5 nitrogen and oxygen atoms in total. The lowest BCUT2D eigenvalue weighted by Gasteiger charge is -2.11. The summed E-state index contributed by atoms with van der Waals surface area (Å²) in [6, 6.07) is 5.85. The van der Waals surface area contributed by atoms with Gasteiger partial charge >= 0.3 is 0 Å². The van der Waals surface area contributed by atoms with Crippen molar-refractivity contribution in [1.82, 2.24) is 4.98 Å². The summed E-state index contributed by atoms with van der Waals surface area (Å²) < 4.78 is 50.5. The summed E-state index contributed by atoms with van der Waals surface area (Å²) in [6.07, 6.45) is 1.23. The minimum Gasteiger partial charge on any atom is -0.298 e. The molecule has 28 heavy (non-hydrogen) atoms. The van der Waals surface area contributed by atoms with E-state index in [1.54, 1.807) is 12.3 Å². The predicted molar refractivity (Wildman–Crippen MR) is 106 cm³/mol. The second-order valence-corrected chi connectivity index (χ2v) is 10.1. The largest absolute Gasteiger partial charge is 0.298 e. The van der Waals surface area contributed by atoms with E-state index in [0.29, 0.717) is 10.7 Å². The molecular formula is C19H20F2N2O3S2. The molecular weight excluding hydrogens is 406 g/mol. The number of hydrogen-bond donors (Lipinski definition) is 1. The van der Waals surface area contributed by atoms with Crippen molar-refractivity contribution < 1.29 is 22.0 Å². The number of carbonyl (C=O) groups excluding carboxylic acids is 1. The molecule has 2 atom stereocenters. The van der Waals surface area contributed by atoms with Crippen LogP contribution in [0, 0.1) is 12.8 Å². The first-order valence-corrected chi connectivity index (χ1v) is 11.4. The van der Waals surface area contributed by atoms with Crippen molar-refractivity contribution in [3.8, 4) is 0 Å². The van der Waals surface area contributed by atoms with Gasteiger partial charge in [0.1, 0.15) is 12.3 Å². The molecule has 1 aromatic carbocycles. The van der Waals surface area contributed by atoms with Crippen LogP contribution in [0.3, 0.4) is 0 Å². The first kappa shape index (κ1) is 20.6. The third kappa shape index (κ3) is 4.82. The van der Waals surface area contributed by atoms with Gasteiger partial charge in [0.15, 0.2) is 15.0 Å². The van der Waals surface area contributed by atoms with Gasteiger partial charge in [0, 0.05) is 22.9 Å². The number of nitrogens with one attached hydrogen (secondary N) is 1. The number of carbonyl (C=O) groups is 1. The fourth-order valence-corrected chi connectivity index (χ4v) is 4.39. The monoisotopic (exact) mass is 426 g/mol. The molecule has 0 radical (unpaired) electrons. The number of sulfone groups is 1. The summed E-state index contributed by atoms with van der Waals surface area (Å²) in [4.78, 5) is 18.0. The predicted octanol–water partition coefficient (Wildman–Crippen LogP) is 3.96. The molecule has 2 unspecified atom stereocenters. The van der Waals surface area contributed by atoms with Crippen LogP contribution in [0.5, 0.6) is 0 Å². The van der Waals surface area contributed by atoms with Gasteiger partial charge in [-0.3, -0.25) is 10.1 Å². The van der Waals surface area contributed by atoms with E-state index >= 15 is 0 Å². The van der Waals surface area contributed by atoms with E-state index in [0.717, 1.165) is 11.1 Å². The normalized spacial score (nSPS) is 23.0. The van der Waals surface area contributed by atoms with Crippen molar-refractivity contribution >= 4 is 37.8 Å². The van der Waals surface area contributed by atoms with E-state index in [1.807, 2.05) is 6.92 Å². The van der Waals surface area contributed by atoms with Gasteiger partial charge in [-0.1, -0.05) is 18.2 Å². The molecule has 1 saturated carbocycles. The number of amides is 1. The minimum atomic E-state index is -3.38. The van der Waals surface area contributed by atoms with Crippen LogP contribution < -0.4 is 5.32 Å². The SMILES string of the molecule is Cc1cnc(NC(=O)/C(=C/C2CC(F)C(F)C2)c2ccc(S(C)(=O)=O)cc2)s1. The molecule has 2 aromatic rings. The first-order chi connectivity index (χ1) is 13.1. The molecule has 1 aromatic heterocycles. The summed E-state index contributed by atoms with van der Waals surface area (Å²) in [7, 11) is -3.38. The number of alkyl halides is 2. The highest BCUT2D eigenvalue weighted by Gasteiger charge is 2.34. The van der Waals surface area contributed by atoms with Crippen molar-refractivity contribution in [3.63, 3.8) is 0 Å². The number of nitrogens with zero attached hydrogens (tertiary/aromatic N) is 1. The van der Waals surface area contributed by atoms with E-state index in [4.69, 9.17) is 0 Å². The van der Waals surface area contributed by atoms with Gasteiger partial charge in [-0.05, 0) is 43.4 Å². The number of aryl methyl sites for hydroxylation is 1. The zero-order valence-corrected chi connectivity index (χ0v) is 17.0. The maximum atomic E-state index is 13.6. The number of allylic oxidation sites excluding steroid dienone is 1. The van der Waals surface area contributed by atoms with Gasteiger partial charge in [0.05, 0.1) is 4.90 Å². The highest BCUT2D eigenvalue weighted by molar-refractivity contribution is 7.90. The van der Waals surface area contributed by atoms with Gasteiger partial charge in [0.25, 0.3) is 5.91 Å². The minimum absolute atomic E-state index is 0.00965. The van der Waals surface area contributed by atoms with Crippen LogP contribution in [0.15, 0.2) is 41.4 Å². The Morgan fingerprint density at radius 1 is 1.21 bits per heavy atom. The summed E-state index contributed by atoms with van der Waals surface area (Å²) in [6.45, 7) is 1.86. The van der Waals surface area contributed by atoms with Crippen molar-refractivity contribution in [2.24, 2.45) is 5.92 Å². The summed E-state index contributed by atoms with van der Waals surface area (Å²) >= 11 is 1.31. The molecule has 0 aliphatic heterocycles. The molecule has 1 fully saturated rings. The Balaban J connectivity index is 1.93. The number of anilines is 1. The Kier molecular flexibility index (Phi) is 5.95. The second-order valence-electron chi connectivity index (χ2n) is 6.87. The summed E-state index contributed by atoms with van der Waals surface area (Å²) in [5.41, 5.74) is 0.704. The van der Waals surface area contributed by atoms with E-state index in [1.165, 1.54) is 35.6 Å². The number of rotatable bonds is 5. The van der Waals surface area contributed by atoms with Crippen molar-refractivity contribution in [3.05, 3.63) is 47.0 Å². The maximum Gasteiger partial charge on any atom is 0.257 e. The van der Waals surface area contributed by atoms with Gasteiger partial charge in [-0.25, -0.2) is 22.2 Å². The summed E-state index contributed by atoms with van der Waals surface area (Å²) in [5, 5.41) is 3.11. The van der Waals surface area contributed by atoms with Crippen molar-refractivity contribution in [2.45, 2.75) is 37.0 Å². The van der Waals surface area contributed by atoms with Crippen molar-refractivity contribution in [2.75, 3.05) is 11.6 Å². The Hall–Kier alpha value is -2.13. The first-order valence-electron chi connectivity index (χ1n) is 8.67. The van der Waals surface area contributed by atoms with Gasteiger partial charge < -0.3 is 0 Å². The Labute approximate surface area is 166 Å². The molecule has 9 heteroatoms. The van der Waals surface area contributed by atoms with E-state index < -0.39 is 34.0 Å². The number of hydrogen-bond acceptors (Lipinski definition) is 5. The number of benzene rings is 1. The van der Waals surface area contributed by atoms with Crippen LogP contribution in [-0.4, -0.2) is 37.9 Å². The average Bonchev–Trinajstić information content (AvgIpc) is 3.17. The third-order valence-corrected chi connectivity index (χ3v) is 6.49. The fraction of sp³-hybridized carbons (Fsp3) is 0.368. The van der Waals surface area contributed by atoms with Gasteiger partial charge in [-0.2, -0.15) is 0 Å². The molecule has 1 aliphatic carbocycles. The lowest BCUT2D eigenvalue weighted by molar-refractivity contribution is -0.111. The van der Waals surface area contributed by atoms with Crippen LogP contribution >= 0.6 is 11.3 Å². The van der Waals surface area contributed by atoms with Crippen molar-refractivity contribution in [1.29, 1.82) is 0 Å². The maximum absolute atomic E-state index is 13.6. The molecule has 150 valence electrons. The molecule has 1 amide bonds. The zero-order valence-electron chi connectivity index (χ0n) is 15.4. The second kappa shape index (κ2) is 8.08. The molecule has 0 bridgehead atoms. The molecule has 1 aliphatic rings. The van der Waals surface area contributed by atoms with E-state index in [2.05, 4.69) is 10.3 Å². The topological polar surface area (TPSA) is 76.1 Å². The highest BCUT2D eigenvalue weighted by atomic mass is 32.2. The average molecular weight is 427 g/mol. The number of aromatic nitrogens is 1. The zero-order chi connectivity index (χ0) is 20.5. The van der Waals surface area contributed by atoms with Crippen LogP contribution in [0.2, 0.25) is 0 Å². The Morgan fingerprint density at radius 2 is 1.82 bits per heavy atom. The van der Waals surface area contributed by atoms with Gasteiger partial charge in [0.2, 0.25) is 0 Å². The van der Waals surface area contributed by atoms with Crippen LogP contribution in [0.1, 0.15) is 23.3 Å². The quantitative estimate of drug-likeness (QED) is 0.734. The number of halogens is 2. The Bertz CT molecular complexity index is 990. The molecule has 0 saturated heterocycles. The van der Waals surface area contributed by atoms with Crippen LogP contribution in [-0.2, 0) is 14.6 Å². The molecule has 1 heterocycles. The Morgan fingerprint density at radius 3 is 2.32 bits per heavy atom. The molecule has 3 rings (SSSR count).